The summed E-state index contributed by atoms with van der Waals surface area (Å²) in [5.74, 6) is -0.0791. The van der Waals surface area contributed by atoms with Crippen molar-refractivity contribution in [1.82, 2.24) is 4.90 Å². The van der Waals surface area contributed by atoms with Gasteiger partial charge in [0, 0.05) is 18.7 Å². The van der Waals surface area contributed by atoms with Gasteiger partial charge >= 0.3 is 5.97 Å². The lowest BCUT2D eigenvalue weighted by Crippen LogP contribution is -2.35. The fraction of sp³-hybridized carbons (Fsp3) is 0.562. The molecule has 0 saturated carbocycles. The largest absolute Gasteiger partial charge is 0.490 e. The molecule has 1 fully saturated rings. The lowest BCUT2D eigenvalue weighted by atomic mass is 10.1. The number of aliphatic hydroxyl groups is 1. The summed E-state index contributed by atoms with van der Waals surface area (Å²) in [5, 5.41) is 10.1. The van der Waals surface area contributed by atoms with Gasteiger partial charge < -0.3 is 19.5 Å². The number of likely N-dealkylation sites (tertiary alicyclic amines) is 1. The minimum Gasteiger partial charge on any atom is -0.490 e. The van der Waals surface area contributed by atoms with Gasteiger partial charge in [-0.3, -0.25) is 0 Å². The predicted octanol–water partition coefficient (Wildman–Crippen LogP) is 1.76. The molecular weight excluding hydrogens is 270 g/mol. The van der Waals surface area contributed by atoms with Crippen LogP contribution in [0.3, 0.4) is 0 Å². The molecule has 0 aromatic heterocycles. The molecule has 0 spiro atoms. The van der Waals surface area contributed by atoms with E-state index in [1.54, 1.807) is 25.1 Å². The molecule has 116 valence electrons. The quantitative estimate of drug-likeness (QED) is 0.838. The Labute approximate surface area is 125 Å². The van der Waals surface area contributed by atoms with Gasteiger partial charge in [-0.1, -0.05) is 18.2 Å². The number of hydrogen-bond donors (Lipinski definition) is 1. The number of piperidine rings is 1. The number of hydrogen-bond acceptors (Lipinski definition) is 5. The number of aliphatic hydroxyl groups excluding tert-OH is 1. The molecular formula is C16H23NO4. The fourth-order valence-corrected chi connectivity index (χ4v) is 2.44. The van der Waals surface area contributed by atoms with Gasteiger partial charge in [0.15, 0.2) is 6.10 Å². The van der Waals surface area contributed by atoms with Crippen molar-refractivity contribution >= 4 is 5.97 Å². The third-order valence-corrected chi connectivity index (χ3v) is 3.68. The number of nitrogens with zero attached hydrogens (tertiary/aromatic N) is 1. The van der Waals surface area contributed by atoms with Crippen molar-refractivity contribution in [3.63, 3.8) is 0 Å². The number of benzene rings is 1. The summed E-state index contributed by atoms with van der Waals surface area (Å²) >= 11 is 0. The lowest BCUT2D eigenvalue weighted by Gasteiger charge is -2.30. The van der Waals surface area contributed by atoms with Crippen LogP contribution in [0, 0.1) is 0 Å². The van der Waals surface area contributed by atoms with Crippen LogP contribution in [0.15, 0.2) is 24.3 Å². The second kappa shape index (κ2) is 7.43. The zero-order chi connectivity index (χ0) is 15.2. The minimum atomic E-state index is -1.30. The summed E-state index contributed by atoms with van der Waals surface area (Å²) in [4.78, 5) is 14.0. The summed E-state index contributed by atoms with van der Waals surface area (Å²) in [6, 6.07) is 7.10. The maximum Gasteiger partial charge on any atom is 0.339 e. The fourth-order valence-electron chi connectivity index (χ4n) is 2.44. The van der Waals surface area contributed by atoms with Crippen molar-refractivity contribution in [2.45, 2.75) is 32.0 Å². The number of esters is 1. The van der Waals surface area contributed by atoms with E-state index < -0.39 is 12.1 Å². The molecule has 2 rings (SSSR count). The lowest BCUT2D eigenvalue weighted by molar-refractivity contribution is -0.153. The van der Waals surface area contributed by atoms with Gasteiger partial charge in [-0.25, -0.2) is 4.79 Å². The molecule has 5 heteroatoms. The Bertz CT molecular complexity index is 469. The molecule has 1 aromatic rings. The van der Waals surface area contributed by atoms with Crippen molar-refractivity contribution in [2.24, 2.45) is 0 Å². The number of carbonyl (C=O) groups is 1. The number of para-hydroxylation sites is 1. The Balaban J connectivity index is 2.07. The Kier molecular flexibility index (Phi) is 5.59. The first-order valence-electron chi connectivity index (χ1n) is 7.40. The van der Waals surface area contributed by atoms with E-state index in [9.17, 15) is 9.90 Å². The van der Waals surface area contributed by atoms with Gasteiger partial charge in [0.1, 0.15) is 11.9 Å². The molecule has 1 aliphatic rings. The van der Waals surface area contributed by atoms with E-state index in [0.717, 1.165) is 25.9 Å². The van der Waals surface area contributed by atoms with Gasteiger partial charge in [-0.05, 0) is 32.9 Å². The Morgan fingerprint density at radius 1 is 1.38 bits per heavy atom. The summed E-state index contributed by atoms with van der Waals surface area (Å²) in [7, 11) is 2.09. The first kappa shape index (κ1) is 15.8. The summed E-state index contributed by atoms with van der Waals surface area (Å²) in [6.07, 6.45) is 0.713. The average Bonchev–Trinajstić information content (AvgIpc) is 2.50. The third-order valence-electron chi connectivity index (χ3n) is 3.68. The number of ether oxygens (including phenoxy) is 2. The summed E-state index contributed by atoms with van der Waals surface area (Å²) < 4.78 is 10.9. The molecule has 1 aromatic carbocycles. The van der Waals surface area contributed by atoms with E-state index in [0.29, 0.717) is 11.3 Å². The SMILES string of the molecule is CCOC(=O)C(O)c1ccccc1OC1CCN(C)CC1. The molecule has 0 amide bonds. The average molecular weight is 293 g/mol. The standard InChI is InChI=1S/C16H23NO4/c1-3-20-16(19)15(18)13-6-4-5-7-14(13)21-12-8-10-17(2)11-9-12/h4-7,12,15,18H,3,8-11H2,1-2H3. The maximum atomic E-state index is 11.7. The molecule has 1 saturated heterocycles. The molecule has 0 bridgehead atoms. The molecule has 1 heterocycles. The van der Waals surface area contributed by atoms with Crippen molar-refractivity contribution in [1.29, 1.82) is 0 Å². The van der Waals surface area contributed by atoms with Crippen LogP contribution in [0.25, 0.3) is 0 Å². The first-order chi connectivity index (χ1) is 10.1. The van der Waals surface area contributed by atoms with Crippen molar-refractivity contribution in [3.8, 4) is 5.75 Å². The van der Waals surface area contributed by atoms with Gasteiger partial charge in [-0.2, -0.15) is 0 Å². The highest BCUT2D eigenvalue weighted by Crippen LogP contribution is 2.28. The molecule has 1 N–H and O–H groups in total. The molecule has 1 aliphatic heterocycles. The summed E-state index contributed by atoms with van der Waals surface area (Å²) in [6.45, 7) is 3.94. The van der Waals surface area contributed by atoms with Crippen LogP contribution in [0.5, 0.6) is 5.75 Å². The first-order valence-corrected chi connectivity index (χ1v) is 7.40. The Morgan fingerprint density at radius 2 is 2.05 bits per heavy atom. The second-order valence-electron chi connectivity index (χ2n) is 5.31. The van der Waals surface area contributed by atoms with E-state index in [1.807, 2.05) is 6.07 Å². The highest BCUT2D eigenvalue weighted by atomic mass is 16.5. The Morgan fingerprint density at radius 3 is 2.71 bits per heavy atom. The molecule has 1 atom stereocenters. The van der Waals surface area contributed by atoms with Gasteiger partial charge in [-0.15, -0.1) is 0 Å². The highest BCUT2D eigenvalue weighted by Gasteiger charge is 2.24. The van der Waals surface area contributed by atoms with Crippen LogP contribution in [-0.4, -0.2) is 48.8 Å². The monoisotopic (exact) mass is 293 g/mol. The van der Waals surface area contributed by atoms with E-state index in [-0.39, 0.29) is 12.7 Å². The predicted molar refractivity (Wildman–Crippen MR) is 79.2 cm³/mol. The van der Waals surface area contributed by atoms with Crippen molar-refractivity contribution in [3.05, 3.63) is 29.8 Å². The topological polar surface area (TPSA) is 59.0 Å². The Hall–Kier alpha value is -1.59. The van der Waals surface area contributed by atoms with E-state index >= 15 is 0 Å². The molecule has 0 radical (unpaired) electrons. The highest BCUT2D eigenvalue weighted by molar-refractivity contribution is 5.77. The number of rotatable bonds is 5. The van der Waals surface area contributed by atoms with Crippen LogP contribution < -0.4 is 4.74 Å². The molecule has 5 nitrogen and oxygen atoms in total. The zero-order valence-corrected chi connectivity index (χ0v) is 12.6. The van der Waals surface area contributed by atoms with Crippen LogP contribution >= 0.6 is 0 Å². The molecule has 1 unspecified atom stereocenters. The van der Waals surface area contributed by atoms with Crippen LogP contribution in [-0.2, 0) is 9.53 Å². The summed E-state index contributed by atoms with van der Waals surface area (Å²) in [5.41, 5.74) is 0.467. The van der Waals surface area contributed by atoms with Gasteiger partial charge in [0.2, 0.25) is 0 Å². The van der Waals surface area contributed by atoms with E-state index in [2.05, 4.69) is 11.9 Å². The van der Waals surface area contributed by atoms with Crippen molar-refractivity contribution < 1.29 is 19.4 Å². The zero-order valence-electron chi connectivity index (χ0n) is 12.6. The van der Waals surface area contributed by atoms with E-state index in [4.69, 9.17) is 9.47 Å². The van der Waals surface area contributed by atoms with Crippen LogP contribution in [0.2, 0.25) is 0 Å². The maximum absolute atomic E-state index is 11.7. The second-order valence-corrected chi connectivity index (χ2v) is 5.31. The molecule has 21 heavy (non-hydrogen) atoms. The third kappa shape index (κ3) is 4.19. The minimum absolute atomic E-state index is 0.122. The van der Waals surface area contributed by atoms with Crippen molar-refractivity contribution in [2.75, 3.05) is 26.7 Å². The smallest absolute Gasteiger partial charge is 0.339 e. The van der Waals surface area contributed by atoms with E-state index in [1.165, 1.54) is 0 Å². The van der Waals surface area contributed by atoms with Gasteiger partial charge in [0.05, 0.1) is 6.61 Å². The van der Waals surface area contributed by atoms with Crippen LogP contribution in [0.1, 0.15) is 31.4 Å². The normalized spacial score (nSPS) is 18.2. The molecule has 0 aliphatic carbocycles. The van der Waals surface area contributed by atoms with Crippen LogP contribution in [0.4, 0.5) is 0 Å². The number of carbonyl (C=O) groups excluding carboxylic acids is 1. The van der Waals surface area contributed by atoms with Gasteiger partial charge in [0.25, 0.3) is 0 Å².